The molecule has 7 nitrogen and oxygen atoms in total. The molecular weight excluding hydrogens is 340 g/mol. The Morgan fingerprint density at radius 2 is 2.32 bits per heavy atom. The highest BCUT2D eigenvalue weighted by molar-refractivity contribution is 7.13. The zero-order valence-electron chi connectivity index (χ0n) is 13.9. The van der Waals surface area contributed by atoms with Crippen LogP contribution in [-0.4, -0.2) is 39.8 Å². The molecule has 1 saturated heterocycles. The second kappa shape index (κ2) is 7.28. The molecule has 2 atom stereocenters. The van der Waals surface area contributed by atoms with Gasteiger partial charge in [-0.15, -0.1) is 11.3 Å². The molecule has 2 aromatic rings. The standard InChI is InChI=1S/C17H20N4O3S/c1-11-5-6-20(14(7-11)9-18)17(22)15-10-25-16(19-15)12-3-2-4-13(8-12)21(23)24/h2-4,8,10-11,14H,5-7,9,18H2,1H3. The minimum atomic E-state index is -0.441. The number of rotatable bonds is 4. The molecule has 1 amide bonds. The van der Waals surface area contributed by atoms with Crippen LogP contribution in [0.2, 0.25) is 0 Å². The van der Waals surface area contributed by atoms with E-state index in [1.807, 2.05) is 4.90 Å². The van der Waals surface area contributed by atoms with E-state index in [0.29, 0.717) is 35.3 Å². The Morgan fingerprint density at radius 1 is 1.52 bits per heavy atom. The normalized spacial score (nSPS) is 20.5. The van der Waals surface area contributed by atoms with Gasteiger partial charge in [0.25, 0.3) is 11.6 Å². The van der Waals surface area contributed by atoms with E-state index in [1.165, 1.54) is 23.5 Å². The van der Waals surface area contributed by atoms with Crippen molar-refractivity contribution in [1.29, 1.82) is 0 Å². The van der Waals surface area contributed by atoms with Crippen LogP contribution in [0.15, 0.2) is 29.6 Å². The predicted octanol–water partition coefficient (Wildman–Crippen LogP) is 2.92. The number of piperidine rings is 1. The predicted molar refractivity (Wildman–Crippen MR) is 96.5 cm³/mol. The number of nitrogens with zero attached hydrogens (tertiary/aromatic N) is 3. The third-order valence-corrected chi connectivity index (χ3v) is 5.43. The van der Waals surface area contributed by atoms with E-state index in [-0.39, 0.29) is 17.6 Å². The van der Waals surface area contributed by atoms with Crippen molar-refractivity contribution in [2.45, 2.75) is 25.8 Å². The molecule has 2 unspecified atom stereocenters. The zero-order valence-corrected chi connectivity index (χ0v) is 14.7. The summed E-state index contributed by atoms with van der Waals surface area (Å²) in [6, 6.07) is 6.32. The molecule has 1 fully saturated rings. The van der Waals surface area contributed by atoms with Crippen LogP contribution in [0.3, 0.4) is 0 Å². The maximum atomic E-state index is 12.8. The number of non-ortho nitro benzene ring substituents is 1. The summed E-state index contributed by atoms with van der Waals surface area (Å²) < 4.78 is 0. The Labute approximate surface area is 149 Å². The fourth-order valence-corrected chi connectivity index (χ4v) is 3.94. The molecule has 0 aliphatic carbocycles. The van der Waals surface area contributed by atoms with Gasteiger partial charge in [-0.25, -0.2) is 4.98 Å². The van der Waals surface area contributed by atoms with E-state index in [1.54, 1.807) is 17.5 Å². The average molecular weight is 360 g/mol. The number of amides is 1. The van der Waals surface area contributed by atoms with Gasteiger partial charge in [0.2, 0.25) is 0 Å². The number of nitro groups is 1. The number of hydrogen-bond acceptors (Lipinski definition) is 6. The monoisotopic (exact) mass is 360 g/mol. The lowest BCUT2D eigenvalue weighted by Crippen LogP contribution is -2.49. The largest absolute Gasteiger partial charge is 0.333 e. The molecule has 1 aromatic carbocycles. The van der Waals surface area contributed by atoms with E-state index >= 15 is 0 Å². The van der Waals surface area contributed by atoms with Gasteiger partial charge in [0.15, 0.2) is 0 Å². The quantitative estimate of drug-likeness (QED) is 0.667. The summed E-state index contributed by atoms with van der Waals surface area (Å²) in [7, 11) is 0. The lowest BCUT2D eigenvalue weighted by Gasteiger charge is -2.37. The molecule has 0 radical (unpaired) electrons. The van der Waals surface area contributed by atoms with Gasteiger partial charge < -0.3 is 10.6 Å². The molecule has 1 aliphatic heterocycles. The fraction of sp³-hybridized carbons (Fsp3) is 0.412. The molecule has 3 rings (SSSR count). The van der Waals surface area contributed by atoms with Gasteiger partial charge in [0.1, 0.15) is 10.7 Å². The van der Waals surface area contributed by atoms with Crippen molar-refractivity contribution in [2.24, 2.45) is 11.7 Å². The first-order valence-electron chi connectivity index (χ1n) is 8.21. The van der Waals surface area contributed by atoms with E-state index in [9.17, 15) is 14.9 Å². The van der Waals surface area contributed by atoms with Gasteiger partial charge >= 0.3 is 0 Å². The second-order valence-electron chi connectivity index (χ2n) is 6.36. The van der Waals surface area contributed by atoms with Gasteiger partial charge in [-0.2, -0.15) is 0 Å². The van der Waals surface area contributed by atoms with Crippen LogP contribution in [-0.2, 0) is 0 Å². The van der Waals surface area contributed by atoms with E-state index in [0.717, 1.165) is 12.8 Å². The summed E-state index contributed by atoms with van der Waals surface area (Å²) in [5.74, 6) is 0.448. The van der Waals surface area contributed by atoms with Crippen LogP contribution in [0.1, 0.15) is 30.3 Å². The smallest absolute Gasteiger partial charge is 0.273 e. The Kier molecular flexibility index (Phi) is 5.10. The molecule has 0 spiro atoms. The highest BCUT2D eigenvalue weighted by Crippen LogP contribution is 2.29. The number of nitrogens with two attached hydrogens (primary N) is 1. The second-order valence-corrected chi connectivity index (χ2v) is 7.22. The number of thiazole rings is 1. The van der Waals surface area contributed by atoms with Crippen LogP contribution in [0.5, 0.6) is 0 Å². The minimum Gasteiger partial charge on any atom is -0.333 e. The van der Waals surface area contributed by atoms with Crippen LogP contribution in [0, 0.1) is 16.0 Å². The van der Waals surface area contributed by atoms with Gasteiger partial charge in [0, 0.05) is 42.2 Å². The Hall–Kier alpha value is -2.32. The average Bonchev–Trinajstić information content (AvgIpc) is 3.11. The molecule has 8 heteroatoms. The van der Waals surface area contributed by atoms with Gasteiger partial charge in [-0.3, -0.25) is 14.9 Å². The van der Waals surface area contributed by atoms with Crippen LogP contribution >= 0.6 is 11.3 Å². The van der Waals surface area contributed by atoms with E-state index in [4.69, 9.17) is 5.73 Å². The lowest BCUT2D eigenvalue weighted by atomic mass is 9.92. The first-order chi connectivity index (χ1) is 12.0. The molecule has 1 aromatic heterocycles. The summed E-state index contributed by atoms with van der Waals surface area (Å²) in [4.78, 5) is 29.5. The maximum Gasteiger partial charge on any atom is 0.273 e. The summed E-state index contributed by atoms with van der Waals surface area (Å²) in [6.45, 7) is 3.30. The number of likely N-dealkylation sites (tertiary alicyclic amines) is 1. The zero-order chi connectivity index (χ0) is 18.0. The van der Waals surface area contributed by atoms with E-state index < -0.39 is 4.92 Å². The molecule has 2 heterocycles. The fourth-order valence-electron chi connectivity index (χ4n) is 3.15. The molecule has 0 bridgehead atoms. The SMILES string of the molecule is CC1CCN(C(=O)c2csc(-c3cccc([N+](=O)[O-])c3)n2)C(CN)C1. The number of carbonyl (C=O) groups is 1. The molecule has 0 saturated carbocycles. The van der Waals surface area contributed by atoms with Crippen LogP contribution < -0.4 is 5.73 Å². The van der Waals surface area contributed by atoms with Gasteiger partial charge in [-0.05, 0) is 18.8 Å². The molecule has 132 valence electrons. The Morgan fingerprint density at radius 3 is 3.04 bits per heavy atom. The van der Waals surface area contributed by atoms with Crippen LogP contribution in [0.4, 0.5) is 5.69 Å². The molecule has 1 aliphatic rings. The Balaban J connectivity index is 1.82. The number of nitro benzene ring substituents is 1. The number of aromatic nitrogens is 1. The number of hydrogen-bond donors (Lipinski definition) is 1. The van der Waals surface area contributed by atoms with Crippen molar-refractivity contribution >= 4 is 22.9 Å². The van der Waals surface area contributed by atoms with Crippen molar-refractivity contribution < 1.29 is 9.72 Å². The Bertz CT molecular complexity index is 792. The van der Waals surface area contributed by atoms with Crippen LogP contribution in [0.25, 0.3) is 10.6 Å². The van der Waals surface area contributed by atoms with Gasteiger partial charge in [-0.1, -0.05) is 19.1 Å². The van der Waals surface area contributed by atoms with Crippen molar-refractivity contribution in [1.82, 2.24) is 9.88 Å². The summed E-state index contributed by atoms with van der Waals surface area (Å²) >= 11 is 1.31. The highest BCUT2D eigenvalue weighted by atomic mass is 32.1. The van der Waals surface area contributed by atoms with Gasteiger partial charge in [0.05, 0.1) is 4.92 Å². The molecule has 2 N–H and O–H groups in total. The van der Waals surface area contributed by atoms with Crippen molar-refractivity contribution in [3.63, 3.8) is 0 Å². The third kappa shape index (κ3) is 3.69. The maximum absolute atomic E-state index is 12.8. The van der Waals surface area contributed by atoms with E-state index in [2.05, 4.69) is 11.9 Å². The molecule has 25 heavy (non-hydrogen) atoms. The number of carbonyl (C=O) groups excluding carboxylic acids is 1. The minimum absolute atomic E-state index is 0.00814. The summed E-state index contributed by atoms with van der Waals surface area (Å²) in [5.41, 5.74) is 6.86. The topological polar surface area (TPSA) is 102 Å². The highest BCUT2D eigenvalue weighted by Gasteiger charge is 2.30. The van der Waals surface area contributed by atoms with Crippen molar-refractivity contribution in [3.8, 4) is 10.6 Å². The number of benzene rings is 1. The van der Waals surface area contributed by atoms with Crippen molar-refractivity contribution in [2.75, 3.05) is 13.1 Å². The summed E-state index contributed by atoms with van der Waals surface area (Å²) in [6.07, 6.45) is 1.87. The summed E-state index contributed by atoms with van der Waals surface area (Å²) in [5, 5.41) is 13.2. The van der Waals surface area contributed by atoms with Crippen molar-refractivity contribution in [3.05, 3.63) is 45.5 Å². The third-order valence-electron chi connectivity index (χ3n) is 4.54. The first kappa shape index (κ1) is 17.5. The lowest BCUT2D eigenvalue weighted by molar-refractivity contribution is -0.384. The first-order valence-corrected chi connectivity index (χ1v) is 9.09. The molecular formula is C17H20N4O3S.